The average Bonchev–Trinajstić information content (AvgIpc) is 3.30. The number of ether oxygens (including phenoxy) is 1. The predicted molar refractivity (Wildman–Crippen MR) is 134 cm³/mol. The third kappa shape index (κ3) is 6.30. The lowest BCUT2D eigenvalue weighted by molar-refractivity contribution is -0.118. The molecule has 0 saturated heterocycles. The van der Waals surface area contributed by atoms with Crippen LogP contribution in [0.15, 0.2) is 84.3 Å². The van der Waals surface area contributed by atoms with Gasteiger partial charge in [-0.2, -0.15) is 0 Å². The number of carbonyl (C=O) groups excluding carboxylic acids is 1. The van der Waals surface area contributed by atoms with E-state index in [2.05, 4.69) is 20.5 Å². The molecule has 0 unspecified atom stereocenters. The monoisotopic (exact) mass is 473 g/mol. The lowest BCUT2D eigenvalue weighted by atomic mass is 10.1. The number of nitrogens with one attached hydrogen (secondary N) is 1. The van der Waals surface area contributed by atoms with E-state index < -0.39 is 0 Å². The van der Waals surface area contributed by atoms with Crippen molar-refractivity contribution < 1.29 is 9.53 Å². The van der Waals surface area contributed by atoms with Crippen LogP contribution in [0, 0.1) is 0 Å². The van der Waals surface area contributed by atoms with Crippen molar-refractivity contribution >= 4 is 17.7 Å². The number of pyridine rings is 1. The highest BCUT2D eigenvalue weighted by Gasteiger charge is 2.17. The van der Waals surface area contributed by atoms with Gasteiger partial charge in [-0.3, -0.25) is 14.3 Å². The summed E-state index contributed by atoms with van der Waals surface area (Å²) in [5.74, 6) is 0.852. The summed E-state index contributed by atoms with van der Waals surface area (Å²) >= 11 is 1.35. The standard InChI is InChI=1S/C26H27N5O2S/c1-19(2)33-17-21-12-10-20(11-13-21)15-28-24(32)18-34-26-30-29-25(22-7-6-14-27-16-22)31(26)23-8-4-3-5-9-23/h3-14,16,19H,15,17-18H2,1-2H3,(H,28,32). The van der Waals surface area contributed by atoms with Crippen LogP contribution in [0.1, 0.15) is 25.0 Å². The lowest BCUT2D eigenvalue weighted by Gasteiger charge is -2.10. The van der Waals surface area contributed by atoms with Crippen LogP contribution in [0.2, 0.25) is 0 Å². The molecule has 2 heterocycles. The van der Waals surface area contributed by atoms with Gasteiger partial charge in [-0.1, -0.05) is 54.2 Å². The van der Waals surface area contributed by atoms with Gasteiger partial charge >= 0.3 is 0 Å². The van der Waals surface area contributed by atoms with E-state index in [1.165, 1.54) is 11.8 Å². The zero-order valence-corrected chi connectivity index (χ0v) is 20.0. The summed E-state index contributed by atoms with van der Waals surface area (Å²) < 4.78 is 7.57. The Morgan fingerprint density at radius 3 is 2.47 bits per heavy atom. The van der Waals surface area contributed by atoms with Crippen LogP contribution in [0.3, 0.4) is 0 Å². The summed E-state index contributed by atoms with van der Waals surface area (Å²) in [6, 6.07) is 21.8. The Morgan fingerprint density at radius 2 is 1.76 bits per heavy atom. The van der Waals surface area contributed by atoms with Gasteiger partial charge in [0.2, 0.25) is 5.91 Å². The fourth-order valence-corrected chi connectivity index (χ4v) is 4.04. The molecule has 0 radical (unpaired) electrons. The second kappa shape index (κ2) is 11.6. The largest absolute Gasteiger partial charge is 0.374 e. The summed E-state index contributed by atoms with van der Waals surface area (Å²) in [5, 5.41) is 12.4. The topological polar surface area (TPSA) is 81.9 Å². The summed E-state index contributed by atoms with van der Waals surface area (Å²) in [6.07, 6.45) is 3.68. The van der Waals surface area contributed by atoms with Crippen molar-refractivity contribution in [3.05, 3.63) is 90.3 Å². The zero-order chi connectivity index (χ0) is 23.8. The molecule has 4 rings (SSSR count). The van der Waals surface area contributed by atoms with Crippen LogP contribution < -0.4 is 5.32 Å². The highest BCUT2D eigenvalue weighted by Crippen LogP contribution is 2.27. The van der Waals surface area contributed by atoms with Gasteiger partial charge in [0.05, 0.1) is 18.5 Å². The van der Waals surface area contributed by atoms with Gasteiger partial charge in [0.25, 0.3) is 0 Å². The molecule has 0 atom stereocenters. The van der Waals surface area contributed by atoms with E-state index in [0.29, 0.717) is 24.1 Å². The number of hydrogen-bond acceptors (Lipinski definition) is 6. The molecule has 0 spiro atoms. The minimum Gasteiger partial charge on any atom is -0.374 e. The quantitative estimate of drug-likeness (QED) is 0.337. The van der Waals surface area contributed by atoms with Gasteiger partial charge in [-0.15, -0.1) is 10.2 Å². The van der Waals surface area contributed by atoms with Gasteiger partial charge in [0, 0.05) is 30.2 Å². The van der Waals surface area contributed by atoms with Crippen molar-refractivity contribution in [3.63, 3.8) is 0 Å². The summed E-state index contributed by atoms with van der Waals surface area (Å²) in [4.78, 5) is 16.7. The summed E-state index contributed by atoms with van der Waals surface area (Å²) in [6.45, 7) is 5.09. The second-order valence-electron chi connectivity index (χ2n) is 7.96. The van der Waals surface area contributed by atoms with Crippen LogP contribution in [0.25, 0.3) is 17.1 Å². The molecular weight excluding hydrogens is 446 g/mol. The van der Waals surface area contributed by atoms with E-state index in [4.69, 9.17) is 4.74 Å². The van der Waals surface area contributed by atoms with Gasteiger partial charge < -0.3 is 10.1 Å². The van der Waals surface area contributed by atoms with E-state index in [1.54, 1.807) is 12.4 Å². The number of aromatic nitrogens is 4. The number of nitrogens with zero attached hydrogens (tertiary/aromatic N) is 4. The Bertz CT molecular complexity index is 1200. The van der Waals surface area contributed by atoms with E-state index in [1.807, 2.05) is 85.1 Å². The highest BCUT2D eigenvalue weighted by atomic mass is 32.2. The number of benzene rings is 2. The first-order valence-electron chi connectivity index (χ1n) is 11.1. The van der Waals surface area contributed by atoms with Crippen molar-refractivity contribution in [1.29, 1.82) is 0 Å². The number of thioether (sulfide) groups is 1. The molecular formula is C26H27N5O2S. The molecule has 1 N–H and O–H groups in total. The molecule has 174 valence electrons. The fraction of sp³-hybridized carbons (Fsp3) is 0.231. The van der Waals surface area contributed by atoms with Gasteiger partial charge in [0.15, 0.2) is 11.0 Å². The first kappa shape index (κ1) is 23.7. The third-order valence-electron chi connectivity index (χ3n) is 5.00. The smallest absolute Gasteiger partial charge is 0.230 e. The summed E-state index contributed by atoms with van der Waals surface area (Å²) in [7, 11) is 0. The van der Waals surface area contributed by atoms with E-state index in [-0.39, 0.29) is 17.8 Å². The molecule has 0 fully saturated rings. The second-order valence-corrected chi connectivity index (χ2v) is 8.90. The molecule has 0 saturated carbocycles. The maximum atomic E-state index is 12.5. The first-order chi connectivity index (χ1) is 16.6. The van der Waals surface area contributed by atoms with Gasteiger partial charge in [-0.05, 0) is 49.2 Å². The van der Waals surface area contributed by atoms with Crippen molar-refractivity contribution in [2.45, 2.75) is 38.3 Å². The Hall–Kier alpha value is -3.49. The molecule has 0 aliphatic rings. The van der Waals surface area contributed by atoms with Crippen LogP contribution in [-0.4, -0.2) is 37.5 Å². The van der Waals surface area contributed by atoms with Crippen molar-refractivity contribution in [2.75, 3.05) is 5.75 Å². The highest BCUT2D eigenvalue weighted by molar-refractivity contribution is 7.99. The lowest BCUT2D eigenvalue weighted by Crippen LogP contribution is -2.24. The van der Waals surface area contributed by atoms with Gasteiger partial charge in [0.1, 0.15) is 0 Å². The van der Waals surface area contributed by atoms with Crippen LogP contribution in [0.4, 0.5) is 0 Å². The van der Waals surface area contributed by atoms with Crippen molar-refractivity contribution in [2.24, 2.45) is 0 Å². The molecule has 8 heteroatoms. The van der Waals surface area contributed by atoms with Crippen LogP contribution in [0.5, 0.6) is 0 Å². The predicted octanol–water partition coefficient (Wildman–Crippen LogP) is 4.66. The molecule has 7 nitrogen and oxygen atoms in total. The normalized spacial score (nSPS) is 11.0. The Morgan fingerprint density at radius 1 is 1.00 bits per heavy atom. The first-order valence-corrected chi connectivity index (χ1v) is 12.1. The van der Waals surface area contributed by atoms with Crippen LogP contribution >= 0.6 is 11.8 Å². The van der Waals surface area contributed by atoms with Crippen molar-refractivity contribution in [1.82, 2.24) is 25.1 Å². The molecule has 1 amide bonds. The zero-order valence-electron chi connectivity index (χ0n) is 19.2. The fourth-order valence-electron chi connectivity index (χ4n) is 3.25. The Kier molecular flexibility index (Phi) is 8.06. The molecule has 2 aromatic heterocycles. The number of amides is 1. The Balaban J connectivity index is 1.39. The Labute approximate surface area is 203 Å². The van der Waals surface area contributed by atoms with E-state index in [0.717, 1.165) is 22.4 Å². The van der Waals surface area contributed by atoms with E-state index >= 15 is 0 Å². The number of rotatable bonds is 10. The van der Waals surface area contributed by atoms with E-state index in [9.17, 15) is 4.79 Å². The molecule has 0 aliphatic carbocycles. The SMILES string of the molecule is CC(C)OCc1ccc(CNC(=O)CSc2nnc(-c3cccnc3)n2-c2ccccc2)cc1. The summed E-state index contributed by atoms with van der Waals surface area (Å²) in [5.41, 5.74) is 3.94. The van der Waals surface area contributed by atoms with Crippen molar-refractivity contribution in [3.8, 4) is 17.1 Å². The number of para-hydroxylation sites is 1. The third-order valence-corrected chi connectivity index (χ3v) is 5.92. The maximum Gasteiger partial charge on any atom is 0.230 e. The molecule has 2 aromatic carbocycles. The van der Waals surface area contributed by atoms with Crippen LogP contribution in [-0.2, 0) is 22.7 Å². The molecule has 34 heavy (non-hydrogen) atoms. The van der Waals surface area contributed by atoms with Gasteiger partial charge in [-0.25, -0.2) is 0 Å². The average molecular weight is 474 g/mol. The minimum atomic E-state index is -0.0669. The molecule has 0 bridgehead atoms. The number of hydrogen-bond donors (Lipinski definition) is 1. The maximum absolute atomic E-state index is 12.5. The molecule has 4 aromatic rings. The molecule has 0 aliphatic heterocycles. The number of carbonyl (C=O) groups is 1. The minimum absolute atomic E-state index is 0.0669.